The predicted octanol–water partition coefficient (Wildman–Crippen LogP) is 4.83. The largest absolute Gasteiger partial charge is 0.273 e. The molecular formula is C23H22N2O. The minimum absolute atomic E-state index is 0.0749. The fraction of sp³-hybridized carbons (Fsp3) is 0.130. The number of hydrazone groups is 1. The van der Waals surface area contributed by atoms with Crippen molar-refractivity contribution in [2.45, 2.75) is 19.8 Å². The first-order chi connectivity index (χ1) is 12.7. The van der Waals surface area contributed by atoms with Crippen molar-refractivity contribution in [2.24, 2.45) is 5.10 Å². The van der Waals surface area contributed by atoms with Gasteiger partial charge in [0.2, 0.25) is 5.91 Å². The molecule has 3 aromatic carbocycles. The molecule has 3 heteroatoms. The number of nitrogens with zero attached hydrogens (tertiary/aromatic N) is 1. The quantitative estimate of drug-likeness (QED) is 0.506. The number of hydrogen-bond donors (Lipinski definition) is 1. The summed E-state index contributed by atoms with van der Waals surface area (Å²) in [6.07, 6.45) is 1.14. The SMILES string of the molecule is C/C(=N/NC(=O)CCc1ccccc1)c1ccc(-c2ccccc2)cc1. The number of nitrogens with one attached hydrogen (secondary N) is 1. The van der Waals surface area contributed by atoms with Gasteiger partial charge in [-0.15, -0.1) is 0 Å². The molecule has 0 aromatic heterocycles. The maximum absolute atomic E-state index is 12.0. The van der Waals surface area contributed by atoms with Crippen molar-refractivity contribution in [3.8, 4) is 11.1 Å². The molecule has 3 aromatic rings. The second-order valence-corrected chi connectivity index (χ2v) is 6.16. The van der Waals surface area contributed by atoms with E-state index in [0.29, 0.717) is 12.8 Å². The summed E-state index contributed by atoms with van der Waals surface area (Å²) >= 11 is 0. The van der Waals surface area contributed by atoms with Gasteiger partial charge in [0, 0.05) is 6.42 Å². The molecule has 3 rings (SSSR count). The topological polar surface area (TPSA) is 41.5 Å². The van der Waals surface area contributed by atoms with Crippen LogP contribution in [0.3, 0.4) is 0 Å². The van der Waals surface area contributed by atoms with Crippen molar-refractivity contribution in [3.05, 3.63) is 96.1 Å². The van der Waals surface area contributed by atoms with E-state index < -0.39 is 0 Å². The number of hydrogen-bond acceptors (Lipinski definition) is 2. The van der Waals surface area contributed by atoms with Crippen LogP contribution in [0.2, 0.25) is 0 Å². The number of rotatable bonds is 6. The van der Waals surface area contributed by atoms with Crippen LogP contribution in [-0.4, -0.2) is 11.6 Å². The maximum atomic E-state index is 12.0. The molecule has 26 heavy (non-hydrogen) atoms. The number of aryl methyl sites for hydroxylation is 1. The lowest BCUT2D eigenvalue weighted by Gasteiger charge is -2.05. The summed E-state index contributed by atoms with van der Waals surface area (Å²) in [6, 6.07) is 28.4. The highest BCUT2D eigenvalue weighted by Crippen LogP contribution is 2.19. The standard InChI is InChI=1S/C23H22N2O/c1-18(24-25-23(26)17-12-19-8-4-2-5-9-19)20-13-15-22(16-14-20)21-10-6-3-7-11-21/h2-11,13-16H,12,17H2,1H3,(H,25,26)/b24-18-. The van der Waals surface area contributed by atoms with Crippen LogP contribution >= 0.6 is 0 Å². The molecule has 0 aliphatic rings. The third kappa shape index (κ3) is 4.90. The molecule has 0 fully saturated rings. The van der Waals surface area contributed by atoms with Gasteiger partial charge in [0.15, 0.2) is 0 Å². The number of carbonyl (C=O) groups excluding carboxylic acids is 1. The van der Waals surface area contributed by atoms with E-state index in [9.17, 15) is 4.79 Å². The molecule has 0 radical (unpaired) electrons. The van der Waals surface area contributed by atoms with Gasteiger partial charge in [0.1, 0.15) is 0 Å². The zero-order chi connectivity index (χ0) is 18.2. The van der Waals surface area contributed by atoms with Crippen LogP contribution in [0.4, 0.5) is 0 Å². The van der Waals surface area contributed by atoms with Crippen LogP contribution in [0, 0.1) is 0 Å². The Morgan fingerprint density at radius 3 is 2.04 bits per heavy atom. The van der Waals surface area contributed by atoms with E-state index in [-0.39, 0.29) is 5.91 Å². The molecule has 0 aliphatic heterocycles. The lowest BCUT2D eigenvalue weighted by atomic mass is 10.0. The van der Waals surface area contributed by atoms with Crippen LogP contribution in [0.5, 0.6) is 0 Å². The molecule has 0 spiro atoms. The molecule has 3 nitrogen and oxygen atoms in total. The molecule has 0 atom stereocenters. The molecule has 1 amide bonds. The van der Waals surface area contributed by atoms with Gasteiger partial charge in [0.05, 0.1) is 5.71 Å². The van der Waals surface area contributed by atoms with Crippen LogP contribution in [0.1, 0.15) is 24.5 Å². The summed E-state index contributed by atoms with van der Waals surface area (Å²) in [4.78, 5) is 12.0. The van der Waals surface area contributed by atoms with Gasteiger partial charge in [-0.25, -0.2) is 5.43 Å². The van der Waals surface area contributed by atoms with E-state index in [4.69, 9.17) is 0 Å². The number of benzene rings is 3. The van der Waals surface area contributed by atoms with E-state index >= 15 is 0 Å². The van der Waals surface area contributed by atoms with Crippen LogP contribution in [0.15, 0.2) is 90.0 Å². The van der Waals surface area contributed by atoms with Gasteiger partial charge >= 0.3 is 0 Å². The Hall–Kier alpha value is -3.20. The summed E-state index contributed by atoms with van der Waals surface area (Å²) in [5.41, 5.74) is 7.93. The molecule has 0 saturated carbocycles. The van der Waals surface area contributed by atoms with E-state index in [1.165, 1.54) is 5.56 Å². The lowest BCUT2D eigenvalue weighted by molar-refractivity contribution is -0.121. The van der Waals surface area contributed by atoms with Crippen molar-refractivity contribution in [2.75, 3.05) is 0 Å². The van der Waals surface area contributed by atoms with Crippen LogP contribution in [-0.2, 0) is 11.2 Å². The first kappa shape index (κ1) is 17.6. The van der Waals surface area contributed by atoms with Gasteiger partial charge in [-0.2, -0.15) is 5.10 Å². The summed E-state index contributed by atoms with van der Waals surface area (Å²) in [5.74, 6) is -0.0749. The van der Waals surface area contributed by atoms with Crippen molar-refractivity contribution in [3.63, 3.8) is 0 Å². The van der Waals surface area contributed by atoms with Crippen LogP contribution < -0.4 is 5.43 Å². The summed E-state index contributed by atoms with van der Waals surface area (Å²) in [5, 5.41) is 4.23. The third-order valence-corrected chi connectivity index (χ3v) is 4.24. The highest BCUT2D eigenvalue weighted by Gasteiger charge is 2.03. The lowest BCUT2D eigenvalue weighted by Crippen LogP contribution is -2.19. The van der Waals surface area contributed by atoms with Gasteiger partial charge in [0.25, 0.3) is 0 Å². The fourth-order valence-corrected chi connectivity index (χ4v) is 2.70. The number of carbonyl (C=O) groups is 1. The minimum atomic E-state index is -0.0749. The fourth-order valence-electron chi connectivity index (χ4n) is 2.70. The smallest absolute Gasteiger partial charge is 0.240 e. The molecule has 0 aliphatic carbocycles. The zero-order valence-corrected chi connectivity index (χ0v) is 14.9. The zero-order valence-electron chi connectivity index (χ0n) is 14.9. The molecule has 0 bridgehead atoms. The Kier molecular flexibility index (Phi) is 5.94. The molecule has 1 N–H and O–H groups in total. The second kappa shape index (κ2) is 8.77. The molecule has 0 saturated heterocycles. The monoisotopic (exact) mass is 342 g/mol. The third-order valence-electron chi connectivity index (χ3n) is 4.24. The normalized spacial score (nSPS) is 11.2. The molecule has 0 heterocycles. The average Bonchev–Trinajstić information content (AvgIpc) is 2.72. The van der Waals surface area contributed by atoms with Gasteiger partial charge < -0.3 is 0 Å². The summed E-state index contributed by atoms with van der Waals surface area (Å²) in [6.45, 7) is 1.90. The Bertz CT molecular complexity index is 869. The van der Waals surface area contributed by atoms with E-state index in [1.54, 1.807) is 0 Å². The van der Waals surface area contributed by atoms with Crippen molar-refractivity contribution >= 4 is 11.6 Å². The Morgan fingerprint density at radius 1 is 0.808 bits per heavy atom. The second-order valence-electron chi connectivity index (χ2n) is 6.16. The summed E-state index contributed by atoms with van der Waals surface area (Å²) in [7, 11) is 0. The van der Waals surface area contributed by atoms with E-state index in [1.807, 2.05) is 67.6 Å². The van der Waals surface area contributed by atoms with E-state index in [2.05, 4.69) is 34.8 Å². The first-order valence-corrected chi connectivity index (χ1v) is 8.75. The van der Waals surface area contributed by atoms with Crippen molar-refractivity contribution in [1.82, 2.24) is 5.43 Å². The molecule has 130 valence electrons. The van der Waals surface area contributed by atoms with Crippen molar-refractivity contribution < 1.29 is 4.79 Å². The van der Waals surface area contributed by atoms with Gasteiger partial charge in [-0.1, -0.05) is 84.9 Å². The van der Waals surface area contributed by atoms with Crippen molar-refractivity contribution in [1.29, 1.82) is 0 Å². The predicted molar refractivity (Wildman–Crippen MR) is 107 cm³/mol. The Labute approximate surface area is 154 Å². The molecular weight excluding hydrogens is 320 g/mol. The Morgan fingerprint density at radius 2 is 1.38 bits per heavy atom. The Balaban J connectivity index is 1.56. The van der Waals surface area contributed by atoms with Gasteiger partial charge in [-0.3, -0.25) is 4.79 Å². The minimum Gasteiger partial charge on any atom is -0.273 e. The van der Waals surface area contributed by atoms with Gasteiger partial charge in [-0.05, 0) is 35.6 Å². The first-order valence-electron chi connectivity index (χ1n) is 8.75. The average molecular weight is 342 g/mol. The van der Waals surface area contributed by atoms with E-state index in [0.717, 1.165) is 22.4 Å². The summed E-state index contributed by atoms with van der Waals surface area (Å²) < 4.78 is 0. The highest BCUT2D eigenvalue weighted by molar-refractivity contribution is 5.99. The maximum Gasteiger partial charge on any atom is 0.240 e. The highest BCUT2D eigenvalue weighted by atomic mass is 16.2. The number of amides is 1. The molecule has 0 unspecified atom stereocenters. The van der Waals surface area contributed by atoms with Crippen LogP contribution in [0.25, 0.3) is 11.1 Å².